The van der Waals surface area contributed by atoms with Gasteiger partial charge in [-0.25, -0.2) is 13.2 Å². The summed E-state index contributed by atoms with van der Waals surface area (Å²) in [6.07, 6.45) is 4.74. The molecule has 0 atom stereocenters. The van der Waals surface area contributed by atoms with E-state index in [9.17, 15) is 18.0 Å². The first-order chi connectivity index (χ1) is 14.3. The lowest BCUT2D eigenvalue weighted by atomic mass is 9.81. The van der Waals surface area contributed by atoms with Crippen LogP contribution in [0.3, 0.4) is 0 Å². The Morgan fingerprint density at radius 3 is 2.17 bits per heavy atom. The molecule has 2 rings (SSSR count). The summed E-state index contributed by atoms with van der Waals surface area (Å²) in [4.78, 5) is 25.3. The Morgan fingerprint density at radius 2 is 1.63 bits per heavy atom. The first-order valence-corrected chi connectivity index (χ1v) is 12.3. The SMILES string of the molecule is CCOC(=O)C1(NC(=O)CCc2ccc(S(=O)(=O)N(CC)CC)cc2)CCCCC1. The van der Waals surface area contributed by atoms with Crippen LogP contribution in [-0.4, -0.2) is 49.8 Å². The molecule has 30 heavy (non-hydrogen) atoms. The summed E-state index contributed by atoms with van der Waals surface area (Å²) in [5, 5.41) is 2.94. The lowest BCUT2D eigenvalue weighted by Crippen LogP contribution is -2.56. The number of carbonyl (C=O) groups excluding carboxylic acids is 2. The van der Waals surface area contributed by atoms with Crippen molar-refractivity contribution in [2.75, 3.05) is 19.7 Å². The van der Waals surface area contributed by atoms with Crippen LogP contribution in [0.25, 0.3) is 0 Å². The van der Waals surface area contributed by atoms with Crippen molar-refractivity contribution >= 4 is 21.9 Å². The van der Waals surface area contributed by atoms with Gasteiger partial charge in [0.15, 0.2) is 0 Å². The van der Waals surface area contributed by atoms with Crippen LogP contribution >= 0.6 is 0 Å². The highest BCUT2D eigenvalue weighted by Gasteiger charge is 2.42. The van der Waals surface area contributed by atoms with E-state index in [-0.39, 0.29) is 23.2 Å². The van der Waals surface area contributed by atoms with Crippen LogP contribution in [0, 0.1) is 0 Å². The van der Waals surface area contributed by atoms with Crippen molar-refractivity contribution in [2.45, 2.75) is 76.2 Å². The van der Waals surface area contributed by atoms with Crippen molar-refractivity contribution in [1.29, 1.82) is 0 Å². The number of rotatable bonds is 10. The van der Waals surface area contributed by atoms with Gasteiger partial charge in [-0.1, -0.05) is 45.2 Å². The smallest absolute Gasteiger partial charge is 0.331 e. The molecule has 8 heteroatoms. The van der Waals surface area contributed by atoms with Crippen LogP contribution in [0.15, 0.2) is 29.2 Å². The number of ether oxygens (including phenoxy) is 1. The van der Waals surface area contributed by atoms with E-state index in [1.165, 1.54) is 4.31 Å². The van der Waals surface area contributed by atoms with Gasteiger partial charge in [0, 0.05) is 19.5 Å². The summed E-state index contributed by atoms with van der Waals surface area (Å²) >= 11 is 0. The van der Waals surface area contributed by atoms with Crippen molar-refractivity contribution in [3.05, 3.63) is 29.8 Å². The van der Waals surface area contributed by atoms with Crippen LogP contribution in [0.4, 0.5) is 0 Å². The number of nitrogens with zero attached hydrogens (tertiary/aromatic N) is 1. The van der Waals surface area contributed by atoms with Gasteiger partial charge < -0.3 is 10.1 Å². The molecule has 0 aliphatic heterocycles. The quantitative estimate of drug-likeness (QED) is 0.567. The third kappa shape index (κ3) is 5.82. The molecule has 168 valence electrons. The summed E-state index contributed by atoms with van der Waals surface area (Å²) in [7, 11) is -3.49. The monoisotopic (exact) mass is 438 g/mol. The molecular formula is C22H34N2O5S. The molecule has 0 radical (unpaired) electrons. The van der Waals surface area contributed by atoms with Gasteiger partial charge in [0.1, 0.15) is 5.54 Å². The van der Waals surface area contributed by atoms with Crippen molar-refractivity contribution < 1.29 is 22.7 Å². The van der Waals surface area contributed by atoms with Crippen molar-refractivity contribution in [2.24, 2.45) is 0 Å². The summed E-state index contributed by atoms with van der Waals surface area (Å²) in [5.74, 6) is -0.534. The fraction of sp³-hybridized carbons (Fsp3) is 0.636. The molecule has 1 fully saturated rings. The standard InChI is InChI=1S/C22H34N2O5S/c1-4-24(5-2)30(27,28)19-13-10-18(11-14-19)12-15-20(25)23-22(21(26)29-6-3)16-8-7-9-17-22/h10-11,13-14H,4-9,12,15-17H2,1-3H3,(H,23,25). The van der Waals surface area contributed by atoms with Gasteiger partial charge in [-0.2, -0.15) is 4.31 Å². The van der Waals surface area contributed by atoms with Gasteiger partial charge >= 0.3 is 5.97 Å². The predicted octanol–water partition coefficient (Wildman–Crippen LogP) is 3.03. The van der Waals surface area contributed by atoms with Crippen molar-refractivity contribution in [1.82, 2.24) is 9.62 Å². The lowest BCUT2D eigenvalue weighted by molar-refractivity contribution is -0.155. The molecule has 0 unspecified atom stereocenters. The molecule has 0 bridgehead atoms. The molecule has 1 saturated carbocycles. The van der Waals surface area contributed by atoms with Crippen LogP contribution in [0.5, 0.6) is 0 Å². The molecule has 0 spiro atoms. The molecule has 0 saturated heterocycles. The van der Waals surface area contributed by atoms with Gasteiger partial charge in [-0.15, -0.1) is 0 Å². The predicted molar refractivity (Wildman–Crippen MR) is 115 cm³/mol. The fourth-order valence-electron chi connectivity index (χ4n) is 3.93. The van der Waals surface area contributed by atoms with E-state index in [4.69, 9.17) is 4.74 Å². The maximum atomic E-state index is 12.6. The summed E-state index contributed by atoms with van der Waals surface area (Å²) in [5.41, 5.74) is -0.0370. The second-order valence-electron chi connectivity index (χ2n) is 7.64. The summed E-state index contributed by atoms with van der Waals surface area (Å²) < 4.78 is 31.8. The fourth-order valence-corrected chi connectivity index (χ4v) is 5.39. The third-order valence-electron chi connectivity index (χ3n) is 5.66. The number of benzene rings is 1. The maximum absolute atomic E-state index is 12.6. The van der Waals surface area contributed by atoms with E-state index in [1.807, 2.05) is 13.8 Å². The van der Waals surface area contributed by atoms with Crippen LogP contribution in [-0.2, 0) is 30.8 Å². The van der Waals surface area contributed by atoms with Crippen LogP contribution < -0.4 is 5.32 Å². The number of esters is 1. The molecule has 1 aromatic carbocycles. The molecule has 1 aliphatic rings. The van der Waals surface area contributed by atoms with E-state index in [1.54, 1.807) is 31.2 Å². The van der Waals surface area contributed by atoms with E-state index < -0.39 is 15.6 Å². The van der Waals surface area contributed by atoms with E-state index >= 15 is 0 Å². The summed E-state index contributed by atoms with van der Waals surface area (Å²) in [6, 6.07) is 6.65. The van der Waals surface area contributed by atoms with Gasteiger partial charge in [0.25, 0.3) is 0 Å². The minimum absolute atomic E-state index is 0.190. The van der Waals surface area contributed by atoms with Gasteiger partial charge in [-0.05, 0) is 43.9 Å². The Hall–Kier alpha value is -1.93. The first kappa shape index (κ1) is 24.3. The Kier molecular flexibility index (Phi) is 8.85. The third-order valence-corrected chi connectivity index (χ3v) is 7.72. The highest BCUT2D eigenvalue weighted by Crippen LogP contribution is 2.29. The molecule has 1 aromatic rings. The number of aryl methyl sites for hydroxylation is 1. The number of hydrogen-bond donors (Lipinski definition) is 1. The maximum Gasteiger partial charge on any atom is 0.331 e. The average Bonchev–Trinajstić information content (AvgIpc) is 2.74. The Labute approximate surface area is 180 Å². The van der Waals surface area contributed by atoms with E-state index in [2.05, 4.69) is 5.32 Å². The zero-order valence-electron chi connectivity index (χ0n) is 18.3. The second-order valence-corrected chi connectivity index (χ2v) is 9.58. The molecule has 1 N–H and O–H groups in total. The van der Waals surface area contributed by atoms with Crippen molar-refractivity contribution in [3.63, 3.8) is 0 Å². The van der Waals surface area contributed by atoms with Crippen molar-refractivity contribution in [3.8, 4) is 0 Å². The van der Waals surface area contributed by atoms with Gasteiger partial charge in [0.2, 0.25) is 15.9 Å². The molecule has 0 aromatic heterocycles. The number of nitrogens with one attached hydrogen (secondary N) is 1. The van der Waals surface area contributed by atoms with Crippen LogP contribution in [0.1, 0.15) is 64.9 Å². The van der Waals surface area contributed by atoms with E-state index in [0.29, 0.717) is 39.0 Å². The normalized spacial score (nSPS) is 16.3. The minimum Gasteiger partial charge on any atom is -0.464 e. The highest BCUT2D eigenvalue weighted by molar-refractivity contribution is 7.89. The molecule has 7 nitrogen and oxygen atoms in total. The number of amides is 1. The Morgan fingerprint density at radius 1 is 1.03 bits per heavy atom. The zero-order chi connectivity index (χ0) is 22.2. The topological polar surface area (TPSA) is 92.8 Å². The number of carbonyl (C=O) groups is 2. The molecule has 1 amide bonds. The molecular weight excluding hydrogens is 404 g/mol. The number of hydrogen-bond acceptors (Lipinski definition) is 5. The first-order valence-electron chi connectivity index (χ1n) is 10.9. The van der Waals surface area contributed by atoms with Gasteiger partial charge in [-0.3, -0.25) is 4.79 Å². The van der Waals surface area contributed by atoms with Gasteiger partial charge in [0.05, 0.1) is 11.5 Å². The van der Waals surface area contributed by atoms with E-state index in [0.717, 1.165) is 24.8 Å². The Balaban J connectivity index is 1.99. The second kappa shape index (κ2) is 10.9. The minimum atomic E-state index is -3.49. The average molecular weight is 439 g/mol. The summed E-state index contributed by atoms with van der Waals surface area (Å²) in [6.45, 7) is 6.51. The Bertz CT molecular complexity index is 810. The highest BCUT2D eigenvalue weighted by atomic mass is 32.2. The van der Waals surface area contributed by atoms with Crippen LogP contribution in [0.2, 0.25) is 0 Å². The molecule has 1 aliphatic carbocycles. The largest absolute Gasteiger partial charge is 0.464 e. The number of sulfonamides is 1. The lowest BCUT2D eigenvalue weighted by Gasteiger charge is -2.35. The molecule has 0 heterocycles. The zero-order valence-corrected chi connectivity index (χ0v) is 19.1.